The van der Waals surface area contributed by atoms with Gasteiger partial charge in [0.15, 0.2) is 11.5 Å². The molecule has 0 saturated heterocycles. The first kappa shape index (κ1) is 13.4. The zero-order valence-electron chi connectivity index (χ0n) is 10.5. The van der Waals surface area contributed by atoms with E-state index in [9.17, 15) is 9.50 Å². The molecular weight excluding hydrogens is 327 g/mol. The second kappa shape index (κ2) is 5.42. The summed E-state index contributed by atoms with van der Waals surface area (Å²) in [6, 6.07) is 9.71. The molecule has 0 radical (unpaired) electrons. The van der Waals surface area contributed by atoms with Gasteiger partial charge in [0.2, 0.25) is 0 Å². The van der Waals surface area contributed by atoms with Crippen LogP contribution in [0.5, 0.6) is 11.5 Å². The van der Waals surface area contributed by atoms with E-state index in [1.54, 1.807) is 30.3 Å². The smallest absolute Gasteiger partial charge is 0.161 e. The van der Waals surface area contributed by atoms with Crippen molar-refractivity contribution in [2.24, 2.45) is 0 Å². The lowest BCUT2D eigenvalue weighted by Gasteiger charge is -2.21. The van der Waals surface area contributed by atoms with E-state index in [2.05, 4.69) is 15.9 Å². The number of aliphatic hydroxyl groups excluding tert-OH is 1. The average molecular weight is 339 g/mol. The highest BCUT2D eigenvalue weighted by molar-refractivity contribution is 9.10. The molecule has 20 heavy (non-hydrogen) atoms. The first-order chi connectivity index (χ1) is 9.66. The van der Waals surface area contributed by atoms with Crippen molar-refractivity contribution in [3.8, 4) is 11.5 Å². The first-order valence-corrected chi connectivity index (χ1v) is 6.97. The number of halogens is 2. The minimum absolute atomic E-state index is 0.212. The van der Waals surface area contributed by atoms with E-state index in [-0.39, 0.29) is 5.56 Å². The van der Waals surface area contributed by atoms with E-state index >= 15 is 0 Å². The Balaban J connectivity index is 2.00. The molecular formula is C15H12BrFO3. The summed E-state index contributed by atoms with van der Waals surface area (Å²) in [7, 11) is 0. The largest absolute Gasteiger partial charge is 0.486 e. The Labute approximate surface area is 124 Å². The lowest BCUT2D eigenvalue weighted by molar-refractivity contribution is 0.169. The number of rotatable bonds is 2. The van der Waals surface area contributed by atoms with Gasteiger partial charge < -0.3 is 14.6 Å². The Kier molecular flexibility index (Phi) is 3.63. The van der Waals surface area contributed by atoms with Crippen molar-refractivity contribution in [1.82, 2.24) is 0 Å². The number of benzene rings is 2. The van der Waals surface area contributed by atoms with Crippen LogP contribution in [0.4, 0.5) is 4.39 Å². The highest BCUT2D eigenvalue weighted by Crippen LogP contribution is 2.36. The minimum Gasteiger partial charge on any atom is -0.486 e. The first-order valence-electron chi connectivity index (χ1n) is 6.18. The number of fused-ring (bicyclic) bond motifs is 1. The van der Waals surface area contributed by atoms with Gasteiger partial charge in [-0.3, -0.25) is 0 Å². The van der Waals surface area contributed by atoms with Crippen molar-refractivity contribution >= 4 is 15.9 Å². The van der Waals surface area contributed by atoms with E-state index in [0.29, 0.717) is 34.7 Å². The van der Waals surface area contributed by atoms with Crippen LogP contribution in [0.3, 0.4) is 0 Å². The molecule has 104 valence electrons. The summed E-state index contributed by atoms with van der Waals surface area (Å²) in [6.07, 6.45) is -1.07. The van der Waals surface area contributed by atoms with E-state index in [4.69, 9.17) is 9.47 Å². The number of ether oxygens (including phenoxy) is 2. The molecule has 1 unspecified atom stereocenters. The lowest BCUT2D eigenvalue weighted by Crippen LogP contribution is -2.15. The van der Waals surface area contributed by atoms with Crippen molar-refractivity contribution in [3.63, 3.8) is 0 Å². The van der Waals surface area contributed by atoms with Crippen molar-refractivity contribution in [3.05, 3.63) is 57.8 Å². The van der Waals surface area contributed by atoms with Crippen molar-refractivity contribution in [2.45, 2.75) is 6.10 Å². The molecule has 3 rings (SSSR count). The van der Waals surface area contributed by atoms with Gasteiger partial charge in [0.05, 0.1) is 0 Å². The molecule has 2 aromatic rings. The fourth-order valence-electron chi connectivity index (χ4n) is 2.17. The third-order valence-corrected chi connectivity index (χ3v) is 3.85. The normalized spacial score (nSPS) is 14.9. The van der Waals surface area contributed by atoms with Crippen LogP contribution in [-0.2, 0) is 0 Å². The molecule has 1 heterocycles. The van der Waals surface area contributed by atoms with Crippen LogP contribution < -0.4 is 9.47 Å². The SMILES string of the molecule is OC(c1ccc2c(c1)OCCO2)c1c(F)cccc1Br. The van der Waals surface area contributed by atoms with Gasteiger partial charge in [-0.1, -0.05) is 28.1 Å². The van der Waals surface area contributed by atoms with Crippen LogP contribution in [0.2, 0.25) is 0 Å². The highest BCUT2D eigenvalue weighted by atomic mass is 79.9. The molecule has 0 fully saturated rings. The molecule has 5 heteroatoms. The molecule has 0 saturated carbocycles. The summed E-state index contributed by atoms with van der Waals surface area (Å²) >= 11 is 3.26. The zero-order valence-corrected chi connectivity index (χ0v) is 12.1. The summed E-state index contributed by atoms with van der Waals surface area (Å²) in [5.41, 5.74) is 0.768. The maximum Gasteiger partial charge on any atom is 0.161 e. The number of hydrogen-bond acceptors (Lipinski definition) is 3. The molecule has 0 aliphatic carbocycles. The van der Waals surface area contributed by atoms with Gasteiger partial charge in [-0.25, -0.2) is 4.39 Å². The molecule has 1 N–H and O–H groups in total. The zero-order chi connectivity index (χ0) is 14.1. The Hall–Kier alpha value is -1.59. The Morgan fingerprint density at radius 3 is 2.60 bits per heavy atom. The maximum absolute atomic E-state index is 13.9. The van der Waals surface area contributed by atoms with Gasteiger partial charge in [-0.2, -0.15) is 0 Å². The van der Waals surface area contributed by atoms with Gasteiger partial charge in [-0.05, 0) is 29.8 Å². The molecule has 1 aliphatic heterocycles. The summed E-state index contributed by atoms with van der Waals surface area (Å²) in [5.74, 6) is 0.752. The van der Waals surface area contributed by atoms with Crippen LogP contribution >= 0.6 is 15.9 Å². The second-order valence-electron chi connectivity index (χ2n) is 4.44. The minimum atomic E-state index is -1.07. The third-order valence-electron chi connectivity index (χ3n) is 3.16. The van der Waals surface area contributed by atoms with E-state index in [0.717, 1.165) is 0 Å². The molecule has 1 atom stereocenters. The quantitative estimate of drug-likeness (QED) is 0.911. The summed E-state index contributed by atoms with van der Waals surface area (Å²) in [4.78, 5) is 0. The molecule has 1 aliphatic rings. The Morgan fingerprint density at radius 2 is 1.85 bits per heavy atom. The summed E-state index contributed by atoms with van der Waals surface area (Å²) < 4.78 is 25.3. The number of hydrogen-bond donors (Lipinski definition) is 1. The lowest BCUT2D eigenvalue weighted by atomic mass is 10.0. The van der Waals surface area contributed by atoms with Gasteiger partial charge in [0.25, 0.3) is 0 Å². The second-order valence-corrected chi connectivity index (χ2v) is 5.30. The van der Waals surface area contributed by atoms with E-state index in [1.165, 1.54) is 6.07 Å². The Bertz CT molecular complexity index is 625. The topological polar surface area (TPSA) is 38.7 Å². The van der Waals surface area contributed by atoms with Crippen LogP contribution in [0.25, 0.3) is 0 Å². The van der Waals surface area contributed by atoms with E-state index in [1.807, 2.05) is 0 Å². The van der Waals surface area contributed by atoms with Gasteiger partial charge in [0.1, 0.15) is 25.1 Å². The van der Waals surface area contributed by atoms with Crippen LogP contribution in [0.1, 0.15) is 17.2 Å². The maximum atomic E-state index is 13.9. The molecule has 0 aromatic heterocycles. The fraction of sp³-hybridized carbons (Fsp3) is 0.200. The summed E-state index contributed by atoms with van der Waals surface area (Å²) in [5, 5.41) is 10.4. The average Bonchev–Trinajstić information content (AvgIpc) is 2.46. The van der Waals surface area contributed by atoms with Crippen molar-refractivity contribution in [1.29, 1.82) is 0 Å². The standard InChI is InChI=1S/C15H12BrFO3/c16-10-2-1-3-11(17)14(10)15(18)9-4-5-12-13(8-9)20-7-6-19-12/h1-5,8,15,18H,6-7H2. The van der Waals surface area contributed by atoms with Crippen LogP contribution in [-0.4, -0.2) is 18.3 Å². The van der Waals surface area contributed by atoms with Crippen LogP contribution in [0.15, 0.2) is 40.9 Å². The van der Waals surface area contributed by atoms with Crippen LogP contribution in [0, 0.1) is 5.82 Å². The molecule has 2 aromatic carbocycles. The van der Waals surface area contributed by atoms with Gasteiger partial charge in [-0.15, -0.1) is 0 Å². The molecule has 0 amide bonds. The number of aliphatic hydroxyl groups is 1. The molecule has 0 bridgehead atoms. The van der Waals surface area contributed by atoms with Crippen molar-refractivity contribution in [2.75, 3.05) is 13.2 Å². The monoisotopic (exact) mass is 338 g/mol. The fourth-order valence-corrected chi connectivity index (χ4v) is 2.73. The molecule has 0 spiro atoms. The predicted octanol–water partition coefficient (Wildman–Crippen LogP) is 3.44. The Morgan fingerprint density at radius 1 is 1.10 bits per heavy atom. The summed E-state index contributed by atoms with van der Waals surface area (Å²) in [6.45, 7) is 0.976. The van der Waals surface area contributed by atoms with Crippen molar-refractivity contribution < 1.29 is 19.0 Å². The van der Waals surface area contributed by atoms with Gasteiger partial charge in [0, 0.05) is 10.0 Å². The predicted molar refractivity (Wildman–Crippen MR) is 75.6 cm³/mol. The molecule has 3 nitrogen and oxygen atoms in total. The highest BCUT2D eigenvalue weighted by Gasteiger charge is 2.20. The third kappa shape index (κ3) is 2.39. The van der Waals surface area contributed by atoms with Gasteiger partial charge >= 0.3 is 0 Å². The van der Waals surface area contributed by atoms with E-state index < -0.39 is 11.9 Å².